The van der Waals surface area contributed by atoms with E-state index in [-0.39, 0.29) is 18.1 Å². The first kappa shape index (κ1) is 14.9. The van der Waals surface area contributed by atoms with Crippen LogP contribution in [-0.4, -0.2) is 28.9 Å². The van der Waals surface area contributed by atoms with E-state index in [1.807, 2.05) is 12.1 Å². The number of hydrogen-bond donors (Lipinski definition) is 2. The van der Waals surface area contributed by atoms with Gasteiger partial charge in [0, 0.05) is 10.9 Å². The Hall–Kier alpha value is -1.51. The molecule has 2 rings (SSSR count). The number of benzene rings is 1. The highest BCUT2D eigenvalue weighted by atomic mass is 32.2. The van der Waals surface area contributed by atoms with Gasteiger partial charge in [0.05, 0.1) is 23.5 Å². The van der Waals surface area contributed by atoms with Crippen LogP contribution < -0.4 is 5.32 Å². The number of thioether (sulfide) groups is 1. The van der Waals surface area contributed by atoms with Crippen LogP contribution in [0.1, 0.15) is 31.2 Å². The molecule has 4 nitrogen and oxygen atoms in total. The molecule has 2 N–H and O–H groups in total. The van der Waals surface area contributed by atoms with Crippen LogP contribution in [0, 0.1) is 11.3 Å². The number of aliphatic hydroxyl groups excluding tert-OH is 1. The van der Waals surface area contributed by atoms with E-state index in [0.717, 1.165) is 30.6 Å². The lowest BCUT2D eigenvalue weighted by molar-refractivity contribution is -0.119. The van der Waals surface area contributed by atoms with Gasteiger partial charge in [0.1, 0.15) is 0 Å². The standard InChI is InChI=1S/C15H18N2O2S/c16-9-11-1-7-14(8-2-11)20-10-15(19)17-12-3-5-13(18)6-4-12/h1-2,7-8,12-13,18H,3-6,10H2,(H,17,19). The van der Waals surface area contributed by atoms with Crippen molar-refractivity contribution in [1.29, 1.82) is 5.26 Å². The van der Waals surface area contributed by atoms with Gasteiger partial charge in [0.2, 0.25) is 5.91 Å². The van der Waals surface area contributed by atoms with Crippen LogP contribution in [0.15, 0.2) is 29.2 Å². The molecule has 0 heterocycles. The number of nitrogens with zero attached hydrogens (tertiary/aromatic N) is 1. The molecular formula is C15H18N2O2S. The summed E-state index contributed by atoms with van der Waals surface area (Å²) in [6.45, 7) is 0. The third-order valence-corrected chi connectivity index (χ3v) is 4.43. The minimum atomic E-state index is -0.198. The molecule has 20 heavy (non-hydrogen) atoms. The maximum atomic E-state index is 11.8. The second-order valence-corrected chi connectivity index (χ2v) is 6.05. The van der Waals surface area contributed by atoms with Crippen LogP contribution in [0.2, 0.25) is 0 Å². The molecule has 1 aromatic rings. The maximum absolute atomic E-state index is 11.8. The highest BCUT2D eigenvalue weighted by Gasteiger charge is 2.20. The zero-order valence-electron chi connectivity index (χ0n) is 11.2. The van der Waals surface area contributed by atoms with Crippen molar-refractivity contribution in [3.05, 3.63) is 29.8 Å². The van der Waals surface area contributed by atoms with Crippen molar-refractivity contribution in [2.75, 3.05) is 5.75 Å². The smallest absolute Gasteiger partial charge is 0.230 e. The Morgan fingerprint density at radius 1 is 1.30 bits per heavy atom. The van der Waals surface area contributed by atoms with Crippen LogP contribution in [0.4, 0.5) is 0 Å². The lowest BCUT2D eigenvalue weighted by atomic mass is 9.93. The van der Waals surface area contributed by atoms with Crippen LogP contribution >= 0.6 is 11.8 Å². The average Bonchev–Trinajstić information content (AvgIpc) is 2.48. The molecule has 0 unspecified atom stereocenters. The van der Waals surface area contributed by atoms with Crippen LogP contribution in [-0.2, 0) is 4.79 Å². The Kier molecular flexibility index (Phi) is 5.45. The third-order valence-electron chi connectivity index (χ3n) is 3.42. The zero-order chi connectivity index (χ0) is 14.4. The summed E-state index contributed by atoms with van der Waals surface area (Å²) in [5.74, 6) is 0.408. The normalized spacial score (nSPS) is 22.0. The zero-order valence-corrected chi connectivity index (χ0v) is 12.0. The van der Waals surface area contributed by atoms with Gasteiger partial charge in [0.15, 0.2) is 0 Å². The number of nitriles is 1. The van der Waals surface area contributed by atoms with E-state index < -0.39 is 0 Å². The van der Waals surface area contributed by atoms with Crippen molar-refractivity contribution in [2.24, 2.45) is 0 Å². The molecule has 1 aliphatic rings. The molecule has 1 saturated carbocycles. The molecular weight excluding hydrogens is 272 g/mol. The Balaban J connectivity index is 1.73. The van der Waals surface area contributed by atoms with E-state index >= 15 is 0 Å². The lowest BCUT2D eigenvalue weighted by Crippen LogP contribution is -2.39. The van der Waals surface area contributed by atoms with Gasteiger partial charge >= 0.3 is 0 Å². The topological polar surface area (TPSA) is 73.1 Å². The van der Waals surface area contributed by atoms with Gasteiger partial charge in [-0.3, -0.25) is 4.79 Å². The number of hydrogen-bond acceptors (Lipinski definition) is 4. The molecule has 0 atom stereocenters. The van der Waals surface area contributed by atoms with Crippen molar-refractivity contribution in [1.82, 2.24) is 5.32 Å². The first-order valence-corrected chi connectivity index (χ1v) is 7.76. The molecule has 0 spiro atoms. The molecule has 1 aromatic carbocycles. The van der Waals surface area contributed by atoms with Gasteiger partial charge in [-0.05, 0) is 49.9 Å². The molecule has 1 fully saturated rings. The molecule has 1 aliphatic carbocycles. The second kappa shape index (κ2) is 7.32. The summed E-state index contributed by atoms with van der Waals surface area (Å²) in [5, 5.41) is 21.1. The first-order valence-electron chi connectivity index (χ1n) is 6.78. The SMILES string of the molecule is N#Cc1ccc(SCC(=O)NC2CCC(O)CC2)cc1. The quantitative estimate of drug-likeness (QED) is 0.833. The number of amides is 1. The lowest BCUT2D eigenvalue weighted by Gasteiger charge is -2.26. The maximum Gasteiger partial charge on any atom is 0.230 e. The molecule has 106 valence electrons. The van der Waals surface area contributed by atoms with Crippen molar-refractivity contribution in [3.8, 4) is 6.07 Å². The van der Waals surface area contributed by atoms with Gasteiger partial charge in [-0.1, -0.05) is 0 Å². The average molecular weight is 290 g/mol. The highest BCUT2D eigenvalue weighted by Crippen LogP contribution is 2.20. The fourth-order valence-electron chi connectivity index (χ4n) is 2.26. The molecule has 0 saturated heterocycles. The van der Waals surface area contributed by atoms with E-state index in [4.69, 9.17) is 5.26 Å². The molecule has 0 bridgehead atoms. The number of carbonyl (C=O) groups is 1. The van der Waals surface area contributed by atoms with Crippen molar-refractivity contribution < 1.29 is 9.90 Å². The summed E-state index contributed by atoms with van der Waals surface area (Å²) in [6, 6.07) is 9.48. The number of nitrogens with one attached hydrogen (secondary N) is 1. The number of aliphatic hydroxyl groups is 1. The summed E-state index contributed by atoms with van der Waals surface area (Å²) < 4.78 is 0. The monoisotopic (exact) mass is 290 g/mol. The predicted molar refractivity (Wildman–Crippen MR) is 78.3 cm³/mol. The summed E-state index contributed by atoms with van der Waals surface area (Å²) >= 11 is 1.47. The van der Waals surface area contributed by atoms with Crippen molar-refractivity contribution in [3.63, 3.8) is 0 Å². The van der Waals surface area contributed by atoms with Gasteiger partial charge in [-0.15, -0.1) is 11.8 Å². The fourth-order valence-corrected chi connectivity index (χ4v) is 2.97. The Labute approximate surface area is 123 Å². The van der Waals surface area contributed by atoms with E-state index in [1.54, 1.807) is 12.1 Å². The Bertz CT molecular complexity index is 488. The molecule has 0 aromatic heterocycles. The second-order valence-electron chi connectivity index (χ2n) is 5.00. The third kappa shape index (κ3) is 4.55. The Morgan fingerprint density at radius 3 is 2.55 bits per heavy atom. The van der Waals surface area contributed by atoms with E-state index in [1.165, 1.54) is 11.8 Å². The van der Waals surface area contributed by atoms with Gasteiger partial charge in [-0.25, -0.2) is 0 Å². The summed E-state index contributed by atoms with van der Waals surface area (Å²) in [4.78, 5) is 12.8. The fraction of sp³-hybridized carbons (Fsp3) is 0.467. The van der Waals surface area contributed by atoms with Gasteiger partial charge < -0.3 is 10.4 Å². The Morgan fingerprint density at radius 2 is 1.95 bits per heavy atom. The predicted octanol–water partition coefficient (Wildman–Crippen LogP) is 2.07. The van der Waals surface area contributed by atoms with E-state index in [2.05, 4.69) is 11.4 Å². The molecule has 1 amide bonds. The largest absolute Gasteiger partial charge is 0.393 e. The van der Waals surface area contributed by atoms with Gasteiger partial charge in [0.25, 0.3) is 0 Å². The van der Waals surface area contributed by atoms with Gasteiger partial charge in [-0.2, -0.15) is 5.26 Å². The van der Waals surface area contributed by atoms with Crippen molar-refractivity contribution >= 4 is 17.7 Å². The van der Waals surface area contributed by atoms with E-state index in [9.17, 15) is 9.90 Å². The van der Waals surface area contributed by atoms with Crippen LogP contribution in [0.25, 0.3) is 0 Å². The van der Waals surface area contributed by atoms with Crippen molar-refractivity contribution in [2.45, 2.75) is 42.7 Å². The summed E-state index contributed by atoms with van der Waals surface area (Å²) in [5.41, 5.74) is 0.625. The first-order chi connectivity index (χ1) is 9.67. The minimum Gasteiger partial charge on any atom is -0.393 e. The molecule has 0 radical (unpaired) electrons. The number of carbonyl (C=O) groups excluding carboxylic acids is 1. The highest BCUT2D eigenvalue weighted by molar-refractivity contribution is 8.00. The number of rotatable bonds is 4. The summed E-state index contributed by atoms with van der Waals surface area (Å²) in [6.07, 6.45) is 3.06. The van der Waals surface area contributed by atoms with E-state index in [0.29, 0.717) is 11.3 Å². The minimum absolute atomic E-state index is 0.0285. The summed E-state index contributed by atoms with van der Waals surface area (Å²) in [7, 11) is 0. The molecule has 0 aliphatic heterocycles. The van der Waals surface area contributed by atoms with Crippen LogP contribution in [0.3, 0.4) is 0 Å². The van der Waals surface area contributed by atoms with Crippen LogP contribution in [0.5, 0.6) is 0 Å². The molecule has 5 heteroatoms.